The smallest absolute Gasteiger partial charge is 0.194 e. The summed E-state index contributed by atoms with van der Waals surface area (Å²) in [4.78, 5) is 16.8. The molecule has 2 aliphatic rings. The molecule has 0 saturated carbocycles. The first kappa shape index (κ1) is 25.2. The second-order valence-corrected chi connectivity index (χ2v) is 10.5. The average molecular weight is 514 g/mol. The largest absolute Gasteiger partial charge is 0.472 e. The van der Waals surface area contributed by atoms with Crippen LogP contribution in [0.2, 0.25) is 0 Å². The van der Waals surface area contributed by atoms with Gasteiger partial charge in [0.2, 0.25) is 0 Å². The fraction of sp³-hybridized carbons (Fsp3) is 0.250. The molecule has 6 rings (SSSR count). The maximum Gasteiger partial charge on any atom is 0.194 e. The lowest BCUT2D eigenvalue weighted by Crippen LogP contribution is -2.38. The van der Waals surface area contributed by atoms with Gasteiger partial charge in [0.1, 0.15) is 5.75 Å². The Morgan fingerprint density at radius 2 is 1.36 bits per heavy atom. The summed E-state index contributed by atoms with van der Waals surface area (Å²) in [7, 11) is 0. The lowest BCUT2D eigenvalue weighted by molar-refractivity contribution is 0.0978. The highest BCUT2D eigenvalue weighted by atomic mass is 16.5. The van der Waals surface area contributed by atoms with E-state index < -0.39 is 5.60 Å². The topological polar surface area (TPSA) is 29.5 Å². The number of hydrogen-bond acceptors (Lipinski definition) is 3. The summed E-state index contributed by atoms with van der Waals surface area (Å²) < 4.78 is 7.17. The lowest BCUT2D eigenvalue weighted by atomic mass is 9.77. The van der Waals surface area contributed by atoms with Crippen LogP contribution in [0.3, 0.4) is 0 Å². The Bertz CT molecular complexity index is 1510. The molecule has 3 heteroatoms. The number of carbonyl (C=O) groups is 1. The SMILES string of the molecule is CCCCN(CCCC)c1ccc2c(c1)OC1(c3ccccc3)C(=C2c2ccccc2)C(=O)c2ccccc21. The van der Waals surface area contributed by atoms with E-state index in [4.69, 9.17) is 4.74 Å². The van der Waals surface area contributed by atoms with Crippen molar-refractivity contribution in [2.75, 3.05) is 18.0 Å². The quantitative estimate of drug-likeness (QED) is 0.225. The van der Waals surface area contributed by atoms with Gasteiger partial charge in [-0.2, -0.15) is 0 Å². The zero-order valence-electron chi connectivity index (χ0n) is 22.8. The molecule has 0 saturated heterocycles. The van der Waals surface area contributed by atoms with Crippen molar-refractivity contribution in [1.82, 2.24) is 0 Å². The Morgan fingerprint density at radius 1 is 0.718 bits per heavy atom. The van der Waals surface area contributed by atoms with Crippen molar-refractivity contribution in [3.05, 3.63) is 137 Å². The van der Waals surface area contributed by atoms with Gasteiger partial charge >= 0.3 is 0 Å². The van der Waals surface area contributed by atoms with Gasteiger partial charge in [-0.15, -0.1) is 0 Å². The van der Waals surface area contributed by atoms with Crippen LogP contribution in [-0.2, 0) is 5.60 Å². The van der Waals surface area contributed by atoms with Gasteiger partial charge in [0, 0.05) is 52.7 Å². The fourth-order valence-corrected chi connectivity index (χ4v) is 6.12. The van der Waals surface area contributed by atoms with Crippen molar-refractivity contribution in [2.45, 2.75) is 45.1 Å². The summed E-state index contributed by atoms with van der Waals surface area (Å²) in [6.07, 6.45) is 4.61. The Morgan fingerprint density at radius 3 is 2.05 bits per heavy atom. The highest BCUT2D eigenvalue weighted by Crippen LogP contribution is 2.57. The van der Waals surface area contributed by atoms with E-state index in [1.54, 1.807) is 0 Å². The van der Waals surface area contributed by atoms with E-state index in [9.17, 15) is 4.79 Å². The normalized spacial score (nSPS) is 17.3. The molecule has 196 valence electrons. The number of nitrogens with zero attached hydrogens (tertiary/aromatic N) is 1. The monoisotopic (exact) mass is 513 g/mol. The van der Waals surface area contributed by atoms with Gasteiger partial charge in [-0.1, -0.05) is 112 Å². The van der Waals surface area contributed by atoms with Gasteiger partial charge in [0.25, 0.3) is 0 Å². The van der Waals surface area contributed by atoms with Gasteiger partial charge in [-0.25, -0.2) is 0 Å². The molecule has 4 aromatic carbocycles. The van der Waals surface area contributed by atoms with Crippen LogP contribution in [0.4, 0.5) is 5.69 Å². The number of hydrogen-bond donors (Lipinski definition) is 0. The molecule has 4 aromatic rings. The highest BCUT2D eigenvalue weighted by Gasteiger charge is 2.55. The summed E-state index contributed by atoms with van der Waals surface area (Å²) in [5, 5.41) is 0. The number of unbranched alkanes of at least 4 members (excludes halogenated alkanes) is 2. The third-order valence-electron chi connectivity index (χ3n) is 8.05. The Balaban J connectivity index is 1.63. The molecule has 0 N–H and O–H groups in total. The van der Waals surface area contributed by atoms with Crippen LogP contribution < -0.4 is 9.64 Å². The Labute approximate surface area is 231 Å². The van der Waals surface area contributed by atoms with Crippen LogP contribution in [-0.4, -0.2) is 18.9 Å². The summed E-state index contributed by atoms with van der Waals surface area (Å²) in [6.45, 7) is 6.52. The first-order valence-corrected chi connectivity index (χ1v) is 14.3. The molecule has 3 nitrogen and oxygen atoms in total. The molecule has 1 aliphatic heterocycles. The number of carbonyl (C=O) groups excluding carboxylic acids is 1. The number of ketones is 1. The minimum absolute atomic E-state index is 0.0375. The summed E-state index contributed by atoms with van der Waals surface area (Å²) >= 11 is 0. The molecule has 0 aromatic heterocycles. The average Bonchev–Trinajstić information content (AvgIpc) is 3.25. The minimum Gasteiger partial charge on any atom is -0.472 e. The molecule has 39 heavy (non-hydrogen) atoms. The van der Waals surface area contributed by atoms with Gasteiger partial charge < -0.3 is 9.64 Å². The van der Waals surface area contributed by atoms with E-state index in [0.29, 0.717) is 11.1 Å². The van der Waals surface area contributed by atoms with Crippen LogP contribution in [0.1, 0.15) is 72.1 Å². The van der Waals surface area contributed by atoms with Crippen molar-refractivity contribution in [1.29, 1.82) is 0 Å². The van der Waals surface area contributed by atoms with Crippen molar-refractivity contribution in [3.63, 3.8) is 0 Å². The maximum atomic E-state index is 14.3. The zero-order chi connectivity index (χ0) is 26.8. The van der Waals surface area contributed by atoms with Gasteiger partial charge in [0.05, 0.1) is 5.57 Å². The molecule has 1 heterocycles. The van der Waals surface area contributed by atoms with Crippen LogP contribution in [0, 0.1) is 0 Å². The third-order valence-corrected chi connectivity index (χ3v) is 8.05. The molecule has 0 fully saturated rings. The molecule has 0 radical (unpaired) electrons. The molecule has 0 spiro atoms. The zero-order valence-corrected chi connectivity index (χ0v) is 22.8. The lowest BCUT2D eigenvalue weighted by Gasteiger charge is -2.39. The highest BCUT2D eigenvalue weighted by molar-refractivity contribution is 6.22. The predicted octanol–water partition coefficient (Wildman–Crippen LogP) is 8.43. The van der Waals surface area contributed by atoms with Crippen molar-refractivity contribution >= 4 is 17.0 Å². The molecule has 1 aliphatic carbocycles. The van der Waals surface area contributed by atoms with Crippen LogP contribution in [0.25, 0.3) is 5.57 Å². The van der Waals surface area contributed by atoms with E-state index >= 15 is 0 Å². The van der Waals surface area contributed by atoms with Crippen molar-refractivity contribution in [3.8, 4) is 5.75 Å². The first-order valence-electron chi connectivity index (χ1n) is 14.3. The Kier molecular flexibility index (Phi) is 6.83. The number of rotatable bonds is 9. The second-order valence-electron chi connectivity index (χ2n) is 10.5. The van der Waals surface area contributed by atoms with E-state index in [1.807, 2.05) is 54.6 Å². The molecule has 1 unspecified atom stereocenters. The summed E-state index contributed by atoms with van der Waals surface area (Å²) in [6, 6.07) is 35.1. The first-order chi connectivity index (χ1) is 19.2. The number of anilines is 1. The number of Topliss-reactive ketones (excluding diaryl/α,β-unsaturated/α-hetero) is 1. The second kappa shape index (κ2) is 10.6. The van der Waals surface area contributed by atoms with Gasteiger partial charge in [-0.3, -0.25) is 4.79 Å². The number of fused-ring (bicyclic) bond motifs is 4. The van der Waals surface area contributed by atoms with E-state index in [1.165, 1.54) is 5.69 Å². The van der Waals surface area contributed by atoms with E-state index in [-0.39, 0.29) is 5.78 Å². The van der Waals surface area contributed by atoms with Crippen LogP contribution >= 0.6 is 0 Å². The van der Waals surface area contributed by atoms with Crippen molar-refractivity contribution < 1.29 is 9.53 Å². The minimum atomic E-state index is -1.01. The summed E-state index contributed by atoms with van der Waals surface area (Å²) in [5.41, 5.74) is 6.42. The van der Waals surface area contributed by atoms with Crippen LogP contribution in [0.5, 0.6) is 5.75 Å². The number of ether oxygens (including phenoxy) is 1. The summed E-state index contributed by atoms with van der Waals surface area (Å²) in [5.74, 6) is 0.858. The van der Waals surface area contributed by atoms with E-state index in [2.05, 4.69) is 67.3 Å². The molecule has 0 amide bonds. The van der Waals surface area contributed by atoms with Gasteiger partial charge in [-0.05, 0) is 30.5 Å². The van der Waals surface area contributed by atoms with Crippen molar-refractivity contribution in [2.24, 2.45) is 0 Å². The molecule has 1 atom stereocenters. The Hall–Kier alpha value is -4.11. The van der Waals surface area contributed by atoms with E-state index in [0.717, 1.165) is 72.3 Å². The standard InChI is InChI=1S/C36H35NO2/c1-3-5-23-37(24-6-4-2)28-21-22-30-32(25-28)39-36(27-17-11-8-12-18-27)31-20-14-13-19-29(31)35(38)34(36)33(30)26-15-9-7-10-16-26/h7-22,25H,3-6,23-24H2,1-2H3. The van der Waals surface area contributed by atoms with Crippen LogP contribution in [0.15, 0.2) is 109 Å². The number of benzene rings is 4. The molecule has 0 bridgehead atoms. The molecular weight excluding hydrogens is 478 g/mol. The maximum absolute atomic E-state index is 14.3. The molecular formula is C36H35NO2. The predicted molar refractivity (Wildman–Crippen MR) is 160 cm³/mol. The third kappa shape index (κ3) is 4.17. The fourth-order valence-electron chi connectivity index (χ4n) is 6.12. The van der Waals surface area contributed by atoms with Gasteiger partial charge in [0.15, 0.2) is 11.4 Å².